The standard InChI is InChI=1S/C17H26N4O3S/c1-20(11-5-10-18)25(22,23)19-14-17(21-12-3-4-13-21)15-6-8-16(24-2)9-7-15/h6-9,17,19H,3-5,11-14H2,1-2H3. The van der Waals surface area contributed by atoms with Gasteiger partial charge in [-0.25, -0.2) is 4.72 Å². The van der Waals surface area contributed by atoms with Crippen LogP contribution in [0, 0.1) is 11.3 Å². The number of rotatable bonds is 9. The van der Waals surface area contributed by atoms with Gasteiger partial charge in [0.15, 0.2) is 0 Å². The van der Waals surface area contributed by atoms with Crippen molar-refractivity contribution in [2.45, 2.75) is 25.3 Å². The summed E-state index contributed by atoms with van der Waals surface area (Å²) >= 11 is 0. The van der Waals surface area contributed by atoms with Gasteiger partial charge in [0.05, 0.1) is 13.2 Å². The van der Waals surface area contributed by atoms with E-state index in [1.165, 1.54) is 11.4 Å². The number of hydrogen-bond donors (Lipinski definition) is 1. The van der Waals surface area contributed by atoms with Crippen molar-refractivity contribution in [2.75, 3.05) is 40.3 Å². The van der Waals surface area contributed by atoms with Gasteiger partial charge in [-0.1, -0.05) is 12.1 Å². The van der Waals surface area contributed by atoms with Crippen LogP contribution < -0.4 is 9.46 Å². The van der Waals surface area contributed by atoms with Gasteiger partial charge >= 0.3 is 0 Å². The molecule has 0 aromatic heterocycles. The van der Waals surface area contributed by atoms with Gasteiger partial charge in [0.2, 0.25) is 0 Å². The fraction of sp³-hybridized carbons (Fsp3) is 0.588. The highest BCUT2D eigenvalue weighted by Crippen LogP contribution is 2.26. The molecule has 25 heavy (non-hydrogen) atoms. The molecule has 1 unspecified atom stereocenters. The lowest BCUT2D eigenvalue weighted by Crippen LogP contribution is -2.43. The Bertz CT molecular complexity index is 679. The summed E-state index contributed by atoms with van der Waals surface area (Å²) < 4.78 is 33.8. The Kier molecular flexibility index (Phi) is 7.20. The second-order valence-corrected chi connectivity index (χ2v) is 7.98. The molecule has 0 radical (unpaired) electrons. The summed E-state index contributed by atoms with van der Waals surface area (Å²) in [4.78, 5) is 2.31. The molecule has 1 aliphatic heterocycles. The Morgan fingerprint density at radius 1 is 1.32 bits per heavy atom. The van der Waals surface area contributed by atoms with Crippen molar-refractivity contribution in [1.82, 2.24) is 13.9 Å². The molecule has 7 nitrogen and oxygen atoms in total. The lowest BCUT2D eigenvalue weighted by molar-refractivity contribution is 0.245. The number of ether oxygens (including phenoxy) is 1. The van der Waals surface area contributed by atoms with Crippen LogP contribution in [0.1, 0.15) is 30.9 Å². The number of nitrogens with zero attached hydrogens (tertiary/aromatic N) is 3. The molecule has 1 aromatic rings. The fourth-order valence-electron chi connectivity index (χ4n) is 2.96. The third kappa shape index (κ3) is 5.41. The molecule has 8 heteroatoms. The van der Waals surface area contributed by atoms with E-state index in [2.05, 4.69) is 9.62 Å². The lowest BCUT2D eigenvalue weighted by atomic mass is 10.1. The molecule has 1 aliphatic rings. The second kappa shape index (κ2) is 9.15. The van der Waals surface area contributed by atoms with Crippen LogP contribution in [-0.2, 0) is 10.2 Å². The molecule has 1 atom stereocenters. The molecule has 1 N–H and O–H groups in total. The minimum Gasteiger partial charge on any atom is -0.497 e. The maximum atomic E-state index is 12.4. The maximum absolute atomic E-state index is 12.4. The number of benzene rings is 1. The average Bonchev–Trinajstić information content (AvgIpc) is 3.14. The van der Waals surface area contributed by atoms with E-state index < -0.39 is 10.2 Å². The van der Waals surface area contributed by atoms with Crippen molar-refractivity contribution in [2.24, 2.45) is 0 Å². The molecule has 138 valence electrons. The Balaban J connectivity index is 2.09. The molecule has 1 aromatic carbocycles. The molecule has 2 rings (SSSR count). The summed E-state index contributed by atoms with van der Waals surface area (Å²) in [7, 11) is -0.490. The van der Waals surface area contributed by atoms with Gasteiger partial charge in [-0.05, 0) is 43.6 Å². The van der Waals surface area contributed by atoms with Crippen LogP contribution in [0.25, 0.3) is 0 Å². The largest absolute Gasteiger partial charge is 0.497 e. The molecular formula is C17H26N4O3S. The van der Waals surface area contributed by atoms with Crippen LogP contribution in [0.5, 0.6) is 5.75 Å². The van der Waals surface area contributed by atoms with E-state index in [0.717, 1.165) is 37.2 Å². The monoisotopic (exact) mass is 366 g/mol. The van der Waals surface area contributed by atoms with Crippen molar-refractivity contribution < 1.29 is 13.2 Å². The fourth-order valence-corrected chi connectivity index (χ4v) is 3.88. The molecule has 0 aliphatic carbocycles. The van der Waals surface area contributed by atoms with E-state index in [9.17, 15) is 8.42 Å². The maximum Gasteiger partial charge on any atom is 0.279 e. The van der Waals surface area contributed by atoms with Gasteiger partial charge < -0.3 is 4.74 Å². The van der Waals surface area contributed by atoms with Gasteiger partial charge in [0, 0.05) is 32.6 Å². The molecule has 1 fully saturated rings. The first-order chi connectivity index (χ1) is 12.0. The Labute approximate surface area is 150 Å². The van der Waals surface area contributed by atoms with Crippen molar-refractivity contribution >= 4 is 10.2 Å². The highest BCUT2D eigenvalue weighted by Gasteiger charge is 2.26. The smallest absolute Gasteiger partial charge is 0.279 e. The molecule has 0 bridgehead atoms. The van der Waals surface area contributed by atoms with Crippen LogP contribution in [-0.4, -0.2) is 58.0 Å². The predicted octanol–water partition coefficient (Wildman–Crippen LogP) is 1.51. The third-order valence-corrected chi connectivity index (χ3v) is 6.02. The van der Waals surface area contributed by atoms with Crippen molar-refractivity contribution in [3.8, 4) is 11.8 Å². The normalized spacial score (nSPS) is 16.7. The quantitative estimate of drug-likeness (QED) is 0.716. The van der Waals surface area contributed by atoms with E-state index in [1.54, 1.807) is 7.11 Å². The molecule has 0 amide bonds. The Morgan fingerprint density at radius 3 is 2.52 bits per heavy atom. The molecule has 1 heterocycles. The van der Waals surface area contributed by atoms with Gasteiger partial charge in [0.25, 0.3) is 10.2 Å². The summed E-state index contributed by atoms with van der Waals surface area (Å²) in [6, 6.07) is 9.70. The van der Waals surface area contributed by atoms with E-state index >= 15 is 0 Å². The summed E-state index contributed by atoms with van der Waals surface area (Å²) in [6.07, 6.45) is 2.42. The molecular weight excluding hydrogens is 340 g/mol. The van der Waals surface area contributed by atoms with Crippen molar-refractivity contribution in [3.05, 3.63) is 29.8 Å². The lowest BCUT2D eigenvalue weighted by Gasteiger charge is -2.29. The zero-order chi connectivity index (χ0) is 18.3. The van der Waals surface area contributed by atoms with E-state index in [0.29, 0.717) is 6.54 Å². The van der Waals surface area contributed by atoms with Crippen molar-refractivity contribution in [1.29, 1.82) is 5.26 Å². The summed E-state index contributed by atoms with van der Waals surface area (Å²) in [5, 5.41) is 8.63. The zero-order valence-electron chi connectivity index (χ0n) is 14.8. The highest BCUT2D eigenvalue weighted by atomic mass is 32.2. The SMILES string of the molecule is COc1ccc(C(CNS(=O)(=O)N(C)CCC#N)N2CCCC2)cc1. The van der Waals surface area contributed by atoms with Crippen LogP contribution in [0.3, 0.4) is 0 Å². The first-order valence-corrected chi connectivity index (χ1v) is 9.88. The Morgan fingerprint density at radius 2 is 1.96 bits per heavy atom. The number of nitriles is 1. The minimum atomic E-state index is -3.60. The predicted molar refractivity (Wildman–Crippen MR) is 96.3 cm³/mol. The second-order valence-electron chi connectivity index (χ2n) is 6.12. The topological polar surface area (TPSA) is 85.7 Å². The summed E-state index contributed by atoms with van der Waals surface area (Å²) in [5.74, 6) is 0.778. The molecule has 0 spiro atoms. The van der Waals surface area contributed by atoms with Crippen molar-refractivity contribution in [3.63, 3.8) is 0 Å². The average molecular weight is 366 g/mol. The Hall–Kier alpha value is -1.66. The number of nitrogens with one attached hydrogen (secondary N) is 1. The van der Waals surface area contributed by atoms with E-state index in [4.69, 9.17) is 10.00 Å². The zero-order valence-corrected chi connectivity index (χ0v) is 15.6. The highest BCUT2D eigenvalue weighted by molar-refractivity contribution is 7.87. The van der Waals surface area contributed by atoms with E-state index in [-0.39, 0.29) is 19.0 Å². The van der Waals surface area contributed by atoms with Gasteiger partial charge in [0.1, 0.15) is 5.75 Å². The van der Waals surface area contributed by atoms with Gasteiger partial charge in [-0.3, -0.25) is 4.90 Å². The summed E-state index contributed by atoms with van der Waals surface area (Å²) in [6.45, 7) is 2.40. The van der Waals surface area contributed by atoms with Gasteiger partial charge in [-0.2, -0.15) is 18.0 Å². The first kappa shape index (κ1) is 19.7. The minimum absolute atomic E-state index is 0.0208. The first-order valence-electron chi connectivity index (χ1n) is 8.44. The number of likely N-dealkylation sites (tertiary alicyclic amines) is 1. The summed E-state index contributed by atoms with van der Waals surface area (Å²) in [5.41, 5.74) is 1.06. The van der Waals surface area contributed by atoms with Crippen LogP contribution in [0.4, 0.5) is 0 Å². The van der Waals surface area contributed by atoms with Gasteiger partial charge in [-0.15, -0.1) is 0 Å². The number of hydrogen-bond acceptors (Lipinski definition) is 5. The number of methoxy groups -OCH3 is 1. The molecule has 0 saturated carbocycles. The third-order valence-electron chi connectivity index (χ3n) is 4.49. The van der Waals surface area contributed by atoms with Crippen LogP contribution in [0.2, 0.25) is 0 Å². The van der Waals surface area contributed by atoms with E-state index in [1.807, 2.05) is 30.3 Å². The molecule has 1 saturated heterocycles. The van der Waals surface area contributed by atoms with Crippen LogP contribution >= 0.6 is 0 Å². The van der Waals surface area contributed by atoms with Crippen LogP contribution in [0.15, 0.2) is 24.3 Å².